The molecule has 0 spiro atoms. The van der Waals surface area contributed by atoms with Gasteiger partial charge in [-0.2, -0.15) is 10.6 Å². The van der Waals surface area contributed by atoms with E-state index in [0.717, 1.165) is 6.33 Å². The molecular weight excluding hydrogens is 256 g/mol. The van der Waals surface area contributed by atoms with Crippen LogP contribution in [0.25, 0.3) is 0 Å². The summed E-state index contributed by atoms with van der Waals surface area (Å²) in [7, 11) is 0. The Kier molecular flexibility index (Phi) is 3.35. The fraction of sp³-hybridized carbons (Fsp3) is 0. The second-order valence-corrected chi connectivity index (χ2v) is 3.02. The van der Waals surface area contributed by atoms with Crippen molar-refractivity contribution in [2.45, 2.75) is 0 Å². The van der Waals surface area contributed by atoms with Crippen molar-refractivity contribution in [1.82, 2.24) is 20.7 Å². The zero-order chi connectivity index (χ0) is 10.6. The third-order valence-corrected chi connectivity index (χ3v) is 1.45. The molecule has 1 heterocycles. The summed E-state index contributed by atoms with van der Waals surface area (Å²) in [6.07, 6.45) is 1.14. The molecule has 1 aromatic heterocycles. The number of rotatable bonds is 2. The van der Waals surface area contributed by atoms with Gasteiger partial charge in [0.15, 0.2) is 0 Å². The van der Waals surface area contributed by atoms with E-state index in [2.05, 4.69) is 42.5 Å². The number of nitrogens with one attached hydrogen (secondary N) is 2. The Bertz CT molecular complexity index is 361. The van der Waals surface area contributed by atoms with Gasteiger partial charge >= 0.3 is 5.97 Å². The predicted octanol–water partition coefficient (Wildman–Crippen LogP) is -0.0987. The van der Waals surface area contributed by atoms with Gasteiger partial charge in [-0.05, 0) is 15.9 Å². The van der Waals surface area contributed by atoms with E-state index in [4.69, 9.17) is 0 Å². The molecule has 1 rings (SSSR count). The number of aromatic amines is 1. The number of hydroxylamine groups is 1. The molecule has 1 amide bonds. The van der Waals surface area contributed by atoms with Crippen LogP contribution >= 0.6 is 15.9 Å². The molecule has 14 heavy (non-hydrogen) atoms. The van der Waals surface area contributed by atoms with E-state index in [9.17, 15) is 9.59 Å². The quantitative estimate of drug-likeness (QED) is 0.572. The molecule has 0 atom stereocenters. The number of hydrogen-bond acceptors (Lipinski definition) is 5. The fourth-order valence-corrected chi connectivity index (χ4v) is 0.581. The lowest BCUT2D eigenvalue weighted by Crippen LogP contribution is -2.27. The van der Waals surface area contributed by atoms with Crippen LogP contribution in [0.3, 0.4) is 0 Å². The average Bonchev–Trinajstić information content (AvgIpc) is 2.66. The molecule has 0 bridgehead atoms. The maximum absolute atomic E-state index is 11.0. The van der Waals surface area contributed by atoms with E-state index in [1.807, 2.05) is 5.48 Å². The molecule has 74 valence electrons. The van der Waals surface area contributed by atoms with Gasteiger partial charge in [0.2, 0.25) is 5.82 Å². The van der Waals surface area contributed by atoms with Crippen LogP contribution in [-0.2, 0) is 9.63 Å². The number of amides is 1. The largest absolute Gasteiger partial charge is 0.400 e. The van der Waals surface area contributed by atoms with Crippen molar-refractivity contribution >= 4 is 27.8 Å². The van der Waals surface area contributed by atoms with E-state index >= 15 is 0 Å². The molecule has 0 aromatic carbocycles. The second-order valence-electron chi connectivity index (χ2n) is 2.06. The summed E-state index contributed by atoms with van der Waals surface area (Å²) >= 11 is 2.81. The van der Waals surface area contributed by atoms with E-state index in [1.165, 1.54) is 0 Å². The van der Waals surface area contributed by atoms with Crippen LogP contribution in [0.4, 0.5) is 0 Å². The zero-order valence-corrected chi connectivity index (χ0v) is 8.37. The molecule has 8 heteroatoms. The zero-order valence-electron chi connectivity index (χ0n) is 6.78. The van der Waals surface area contributed by atoms with E-state index in [0.29, 0.717) is 0 Å². The summed E-state index contributed by atoms with van der Waals surface area (Å²) in [4.78, 5) is 29.7. The van der Waals surface area contributed by atoms with Crippen molar-refractivity contribution in [1.29, 1.82) is 0 Å². The van der Waals surface area contributed by atoms with E-state index < -0.39 is 11.9 Å². The van der Waals surface area contributed by atoms with E-state index in [-0.39, 0.29) is 10.3 Å². The summed E-state index contributed by atoms with van der Waals surface area (Å²) in [6.45, 7) is 3.27. The normalized spacial score (nSPS) is 9.21. The average molecular weight is 261 g/mol. The first kappa shape index (κ1) is 10.4. The molecule has 0 aliphatic carbocycles. The number of aromatic nitrogens is 3. The van der Waals surface area contributed by atoms with Crippen LogP contribution in [-0.4, -0.2) is 27.1 Å². The summed E-state index contributed by atoms with van der Waals surface area (Å²) in [5, 5.41) is 5.70. The third kappa shape index (κ3) is 2.66. The highest BCUT2D eigenvalue weighted by atomic mass is 79.9. The Morgan fingerprint density at radius 2 is 2.36 bits per heavy atom. The van der Waals surface area contributed by atoms with Crippen LogP contribution < -0.4 is 5.48 Å². The lowest BCUT2D eigenvalue weighted by Gasteiger charge is -2.01. The molecule has 0 saturated carbocycles. The predicted molar refractivity (Wildman–Crippen MR) is 48.0 cm³/mol. The monoisotopic (exact) mass is 260 g/mol. The molecule has 0 unspecified atom stereocenters. The Labute approximate surface area is 86.6 Å². The van der Waals surface area contributed by atoms with Crippen LogP contribution in [0.2, 0.25) is 0 Å². The lowest BCUT2D eigenvalue weighted by molar-refractivity contribution is -0.125. The fourth-order valence-electron chi connectivity index (χ4n) is 0.500. The SMILES string of the molecule is C=C(Br)C(=O)NOC(=O)c1ncn[nH]1. The highest BCUT2D eigenvalue weighted by Crippen LogP contribution is 1.99. The second kappa shape index (κ2) is 4.51. The van der Waals surface area contributed by atoms with Crippen molar-refractivity contribution in [2.75, 3.05) is 0 Å². The third-order valence-electron chi connectivity index (χ3n) is 1.09. The minimum atomic E-state index is -0.843. The number of carbonyl (C=O) groups excluding carboxylic acids is 2. The Balaban J connectivity index is 2.44. The topological polar surface area (TPSA) is 97.0 Å². The van der Waals surface area contributed by atoms with Gasteiger partial charge in [-0.3, -0.25) is 9.89 Å². The van der Waals surface area contributed by atoms with Crippen molar-refractivity contribution in [3.63, 3.8) is 0 Å². The number of halogens is 1. The van der Waals surface area contributed by atoms with Gasteiger partial charge in [-0.1, -0.05) is 6.58 Å². The van der Waals surface area contributed by atoms with Crippen molar-refractivity contribution in [3.8, 4) is 0 Å². The van der Waals surface area contributed by atoms with Crippen LogP contribution in [0, 0.1) is 0 Å². The van der Waals surface area contributed by atoms with Crippen molar-refractivity contribution < 1.29 is 14.4 Å². The molecule has 0 saturated heterocycles. The highest BCUT2D eigenvalue weighted by Gasteiger charge is 2.12. The highest BCUT2D eigenvalue weighted by molar-refractivity contribution is 9.12. The number of H-pyrrole nitrogens is 1. The summed E-state index contributed by atoms with van der Waals surface area (Å²) in [5.41, 5.74) is 1.85. The molecule has 7 nitrogen and oxygen atoms in total. The minimum absolute atomic E-state index is 0.0443. The van der Waals surface area contributed by atoms with Crippen molar-refractivity contribution in [3.05, 3.63) is 23.2 Å². The number of nitrogens with zero attached hydrogens (tertiary/aromatic N) is 2. The van der Waals surface area contributed by atoms with Crippen molar-refractivity contribution in [2.24, 2.45) is 0 Å². The molecule has 1 aromatic rings. The first-order valence-electron chi connectivity index (χ1n) is 3.32. The van der Waals surface area contributed by atoms with Gasteiger partial charge in [-0.25, -0.2) is 9.78 Å². The Morgan fingerprint density at radius 3 is 2.86 bits per heavy atom. The van der Waals surface area contributed by atoms with Crippen LogP contribution in [0.5, 0.6) is 0 Å². The first-order valence-corrected chi connectivity index (χ1v) is 4.12. The van der Waals surface area contributed by atoms with E-state index in [1.54, 1.807) is 0 Å². The maximum atomic E-state index is 11.0. The standard InChI is InChI=1S/C6H5BrN4O3/c1-3(7)5(12)11-14-6(13)4-8-2-9-10-4/h2H,1H2,(H,11,12)(H,8,9,10). The van der Waals surface area contributed by atoms with Crippen LogP contribution in [0.15, 0.2) is 17.4 Å². The molecule has 0 aliphatic heterocycles. The summed E-state index contributed by atoms with van der Waals surface area (Å²) in [6, 6.07) is 0. The summed E-state index contributed by atoms with van der Waals surface area (Å²) in [5.74, 6) is -1.60. The maximum Gasteiger partial charge on any atom is 0.400 e. The minimum Gasteiger partial charge on any atom is -0.332 e. The molecular formula is C6H5BrN4O3. The van der Waals surface area contributed by atoms with Gasteiger partial charge in [0.1, 0.15) is 6.33 Å². The van der Waals surface area contributed by atoms with Gasteiger partial charge in [0.25, 0.3) is 5.91 Å². The number of carbonyl (C=O) groups is 2. The van der Waals surface area contributed by atoms with Gasteiger partial charge < -0.3 is 4.84 Å². The molecule has 2 N–H and O–H groups in total. The van der Waals surface area contributed by atoms with Gasteiger partial charge in [0, 0.05) is 0 Å². The van der Waals surface area contributed by atoms with Gasteiger partial charge in [0.05, 0.1) is 4.48 Å². The lowest BCUT2D eigenvalue weighted by atomic mass is 10.6. The number of hydrogen-bond donors (Lipinski definition) is 2. The summed E-state index contributed by atoms with van der Waals surface area (Å²) < 4.78 is 0.0443. The van der Waals surface area contributed by atoms with Gasteiger partial charge in [-0.15, -0.1) is 0 Å². The smallest absolute Gasteiger partial charge is 0.332 e. The molecule has 0 aliphatic rings. The van der Waals surface area contributed by atoms with Crippen LogP contribution in [0.1, 0.15) is 10.6 Å². The Hall–Kier alpha value is -1.70. The first-order chi connectivity index (χ1) is 6.61. The Morgan fingerprint density at radius 1 is 1.64 bits per heavy atom. The molecule has 0 fully saturated rings. The molecule has 0 radical (unpaired) electrons.